The Morgan fingerprint density at radius 3 is 2.44 bits per heavy atom. The van der Waals surface area contributed by atoms with Gasteiger partial charge in [0.15, 0.2) is 4.32 Å². The molecule has 1 aliphatic heterocycles. The van der Waals surface area contributed by atoms with Crippen LogP contribution in [0.5, 0.6) is 5.75 Å². The smallest absolute Gasteiger partial charge is 0.339 e. The van der Waals surface area contributed by atoms with Crippen LogP contribution in [-0.4, -0.2) is 26.4 Å². The zero-order valence-corrected chi connectivity index (χ0v) is 16.3. The van der Waals surface area contributed by atoms with Crippen molar-refractivity contribution < 1.29 is 19.8 Å². The second-order valence-corrected chi connectivity index (χ2v) is 8.02. The number of carbonyl (C=O) groups excluding carboxylic acids is 1. The van der Waals surface area contributed by atoms with Crippen molar-refractivity contribution in [3.63, 3.8) is 0 Å². The number of phenols is 1. The summed E-state index contributed by atoms with van der Waals surface area (Å²) in [6.45, 7) is 4.23. The van der Waals surface area contributed by atoms with Crippen molar-refractivity contribution in [2.45, 2.75) is 19.8 Å². The number of aromatic carboxylic acids is 1. The Hall–Kier alpha value is -2.64. The highest BCUT2D eigenvalue weighted by atomic mass is 32.2. The largest absolute Gasteiger partial charge is 0.507 e. The van der Waals surface area contributed by atoms with E-state index in [1.807, 2.05) is 24.3 Å². The first-order valence-corrected chi connectivity index (χ1v) is 9.44. The molecular weight excluding hydrogens is 382 g/mol. The molecule has 0 atom stereocenters. The Morgan fingerprint density at radius 2 is 1.85 bits per heavy atom. The van der Waals surface area contributed by atoms with Gasteiger partial charge in [-0.1, -0.05) is 62.1 Å². The standard InChI is InChI=1S/C20H17NO4S2/c1-11(2)13-5-3-12(4-6-13)9-17-18(23)21(20(26)27-17)14-7-8-16(22)15(10-14)19(24)25/h3-11,22H,1-2H3,(H,24,25). The Morgan fingerprint density at radius 1 is 1.19 bits per heavy atom. The highest BCUT2D eigenvalue weighted by molar-refractivity contribution is 8.27. The third kappa shape index (κ3) is 3.89. The van der Waals surface area contributed by atoms with Gasteiger partial charge in [0.25, 0.3) is 5.91 Å². The summed E-state index contributed by atoms with van der Waals surface area (Å²) >= 11 is 6.47. The molecule has 1 fully saturated rings. The summed E-state index contributed by atoms with van der Waals surface area (Å²) < 4.78 is 0.312. The van der Waals surface area contributed by atoms with Crippen LogP contribution in [0.25, 0.3) is 6.08 Å². The summed E-state index contributed by atoms with van der Waals surface area (Å²) in [5.41, 5.74) is 2.13. The number of carboxylic acids is 1. The lowest BCUT2D eigenvalue weighted by Gasteiger charge is -2.15. The van der Waals surface area contributed by atoms with Gasteiger partial charge in [-0.25, -0.2) is 4.79 Å². The van der Waals surface area contributed by atoms with Gasteiger partial charge in [-0.15, -0.1) is 0 Å². The van der Waals surface area contributed by atoms with Crippen LogP contribution in [0.4, 0.5) is 5.69 Å². The van der Waals surface area contributed by atoms with Crippen LogP contribution in [0.1, 0.15) is 41.3 Å². The van der Waals surface area contributed by atoms with Gasteiger partial charge < -0.3 is 10.2 Å². The van der Waals surface area contributed by atoms with Crippen LogP contribution >= 0.6 is 24.0 Å². The Kier molecular flexibility index (Phi) is 5.34. The molecule has 7 heteroatoms. The Balaban J connectivity index is 1.91. The highest BCUT2D eigenvalue weighted by Gasteiger charge is 2.33. The minimum absolute atomic E-state index is 0.283. The number of thiocarbonyl (C=S) groups is 1. The number of aromatic hydroxyl groups is 1. The molecule has 1 amide bonds. The average molecular weight is 399 g/mol. The van der Waals surface area contributed by atoms with Crippen molar-refractivity contribution in [2.24, 2.45) is 0 Å². The number of anilines is 1. The molecule has 2 aromatic carbocycles. The molecule has 27 heavy (non-hydrogen) atoms. The summed E-state index contributed by atoms with van der Waals surface area (Å²) in [7, 11) is 0. The quantitative estimate of drug-likeness (QED) is 0.577. The van der Waals surface area contributed by atoms with Gasteiger partial charge in [-0.05, 0) is 41.3 Å². The fourth-order valence-electron chi connectivity index (χ4n) is 2.65. The number of thioether (sulfide) groups is 1. The molecule has 0 bridgehead atoms. The minimum atomic E-state index is -1.28. The predicted octanol–water partition coefficient (Wildman–Crippen LogP) is 4.62. The summed E-state index contributed by atoms with van der Waals surface area (Å²) in [5.74, 6) is -1.53. The highest BCUT2D eigenvalue weighted by Crippen LogP contribution is 2.37. The van der Waals surface area contributed by atoms with Crippen molar-refractivity contribution >= 4 is 51.9 Å². The van der Waals surface area contributed by atoms with Gasteiger partial charge in [0.05, 0.1) is 10.6 Å². The fourth-order valence-corrected chi connectivity index (χ4v) is 3.95. The molecule has 1 saturated heterocycles. The molecule has 0 aromatic heterocycles. The van der Waals surface area contributed by atoms with Gasteiger partial charge in [0.2, 0.25) is 0 Å². The summed E-state index contributed by atoms with van der Waals surface area (Å²) in [6, 6.07) is 11.9. The van der Waals surface area contributed by atoms with Gasteiger partial charge in [-0.3, -0.25) is 9.69 Å². The lowest BCUT2D eigenvalue weighted by Crippen LogP contribution is -2.27. The van der Waals surface area contributed by atoms with Crippen LogP contribution in [0, 0.1) is 0 Å². The molecule has 0 aliphatic carbocycles. The Bertz CT molecular complexity index is 964. The van der Waals surface area contributed by atoms with E-state index in [0.29, 0.717) is 20.8 Å². The molecule has 138 valence electrons. The maximum Gasteiger partial charge on any atom is 0.339 e. The molecular formula is C20H17NO4S2. The van der Waals surface area contributed by atoms with Crippen LogP contribution in [0.3, 0.4) is 0 Å². The van der Waals surface area contributed by atoms with Crippen molar-refractivity contribution in [3.8, 4) is 5.75 Å². The van der Waals surface area contributed by atoms with Gasteiger partial charge in [0, 0.05) is 0 Å². The molecule has 1 heterocycles. The lowest BCUT2D eigenvalue weighted by molar-refractivity contribution is -0.113. The SMILES string of the molecule is CC(C)c1ccc(C=C2SC(=S)N(c3ccc(O)c(C(=O)O)c3)C2=O)cc1. The molecule has 0 radical (unpaired) electrons. The van der Waals surface area contributed by atoms with Crippen LogP contribution in [0.15, 0.2) is 47.4 Å². The number of benzene rings is 2. The molecule has 5 nitrogen and oxygen atoms in total. The summed E-state index contributed by atoms with van der Waals surface area (Å²) in [4.78, 5) is 25.8. The first-order valence-electron chi connectivity index (χ1n) is 8.22. The molecule has 0 saturated carbocycles. The van der Waals surface area contributed by atoms with E-state index < -0.39 is 5.97 Å². The molecule has 1 aliphatic rings. The second kappa shape index (κ2) is 7.54. The first-order chi connectivity index (χ1) is 12.8. The van der Waals surface area contributed by atoms with Crippen molar-refractivity contribution in [2.75, 3.05) is 4.90 Å². The first kappa shape index (κ1) is 19.1. The number of rotatable bonds is 4. The fraction of sp³-hybridized carbons (Fsp3) is 0.150. The van der Waals surface area contributed by atoms with E-state index in [9.17, 15) is 14.7 Å². The average Bonchev–Trinajstić information content (AvgIpc) is 2.89. The molecule has 3 rings (SSSR count). The number of amides is 1. The number of hydrogen-bond acceptors (Lipinski definition) is 5. The van der Waals surface area contributed by atoms with Crippen molar-refractivity contribution in [3.05, 3.63) is 64.1 Å². The van der Waals surface area contributed by atoms with Crippen molar-refractivity contribution in [1.82, 2.24) is 0 Å². The van der Waals surface area contributed by atoms with E-state index in [1.54, 1.807) is 6.08 Å². The van der Waals surface area contributed by atoms with E-state index in [-0.39, 0.29) is 17.2 Å². The van der Waals surface area contributed by atoms with E-state index in [1.165, 1.54) is 28.7 Å². The number of nitrogens with zero attached hydrogens (tertiary/aromatic N) is 1. The molecule has 0 unspecified atom stereocenters. The topological polar surface area (TPSA) is 77.8 Å². The maximum absolute atomic E-state index is 12.8. The van der Waals surface area contributed by atoms with E-state index >= 15 is 0 Å². The Labute approximate surface area is 166 Å². The molecule has 2 N–H and O–H groups in total. The predicted molar refractivity (Wildman–Crippen MR) is 111 cm³/mol. The van der Waals surface area contributed by atoms with Crippen LogP contribution < -0.4 is 4.90 Å². The van der Waals surface area contributed by atoms with Gasteiger partial charge in [0.1, 0.15) is 11.3 Å². The van der Waals surface area contributed by atoms with Gasteiger partial charge in [-0.2, -0.15) is 0 Å². The second-order valence-electron chi connectivity index (χ2n) is 6.35. The van der Waals surface area contributed by atoms with Crippen LogP contribution in [-0.2, 0) is 4.79 Å². The molecule has 0 spiro atoms. The monoisotopic (exact) mass is 399 g/mol. The lowest BCUT2D eigenvalue weighted by atomic mass is 10.0. The normalized spacial score (nSPS) is 15.8. The van der Waals surface area contributed by atoms with E-state index in [4.69, 9.17) is 17.3 Å². The zero-order valence-electron chi connectivity index (χ0n) is 14.7. The number of carbonyl (C=O) groups is 2. The third-order valence-corrected chi connectivity index (χ3v) is 5.47. The third-order valence-electron chi connectivity index (χ3n) is 4.16. The zero-order chi connectivity index (χ0) is 19.7. The number of hydrogen-bond donors (Lipinski definition) is 2. The maximum atomic E-state index is 12.8. The van der Waals surface area contributed by atoms with Gasteiger partial charge >= 0.3 is 5.97 Å². The summed E-state index contributed by atoms with van der Waals surface area (Å²) in [6.07, 6.45) is 1.77. The minimum Gasteiger partial charge on any atom is -0.507 e. The van der Waals surface area contributed by atoms with E-state index in [0.717, 1.165) is 17.3 Å². The van der Waals surface area contributed by atoms with Crippen LogP contribution in [0.2, 0.25) is 0 Å². The van der Waals surface area contributed by atoms with Crippen molar-refractivity contribution in [1.29, 1.82) is 0 Å². The summed E-state index contributed by atoms with van der Waals surface area (Å²) in [5, 5.41) is 18.8. The van der Waals surface area contributed by atoms with E-state index in [2.05, 4.69) is 13.8 Å². The molecule has 2 aromatic rings. The number of carboxylic acid groups (broad SMARTS) is 1.